The van der Waals surface area contributed by atoms with Crippen LogP contribution >= 0.6 is 0 Å². The summed E-state index contributed by atoms with van der Waals surface area (Å²) in [6, 6.07) is 17.9. The van der Waals surface area contributed by atoms with Crippen LogP contribution in [0.4, 0.5) is 0 Å². The van der Waals surface area contributed by atoms with E-state index < -0.39 is 0 Å². The number of rotatable bonds is 6. The van der Waals surface area contributed by atoms with Crippen LogP contribution in [0.25, 0.3) is 11.3 Å². The molecule has 0 saturated carbocycles. The molecule has 0 bridgehead atoms. The van der Waals surface area contributed by atoms with E-state index in [2.05, 4.69) is 42.7 Å². The molecule has 1 saturated heterocycles. The van der Waals surface area contributed by atoms with E-state index in [1.54, 1.807) is 6.07 Å². The van der Waals surface area contributed by atoms with Gasteiger partial charge in [0.2, 0.25) is 0 Å². The average molecular weight is 446 g/mol. The Morgan fingerprint density at radius 1 is 1.09 bits per heavy atom. The van der Waals surface area contributed by atoms with E-state index in [9.17, 15) is 4.79 Å². The Hall–Kier alpha value is -3.05. The number of benzene rings is 2. The largest absolute Gasteiger partial charge is 0.489 e. The molecule has 3 aromatic rings. The predicted molar refractivity (Wildman–Crippen MR) is 129 cm³/mol. The number of hydrogen-bond donors (Lipinski definition) is 0. The lowest BCUT2D eigenvalue weighted by molar-refractivity contribution is -0.0337. The number of aryl methyl sites for hydroxylation is 1. The fourth-order valence-electron chi connectivity index (χ4n) is 4.86. The second-order valence-electron chi connectivity index (χ2n) is 9.66. The summed E-state index contributed by atoms with van der Waals surface area (Å²) >= 11 is 0. The topological polar surface area (TPSA) is 49.7 Å². The zero-order valence-electron chi connectivity index (χ0n) is 19.6. The van der Waals surface area contributed by atoms with Gasteiger partial charge in [0.15, 0.2) is 11.3 Å². The summed E-state index contributed by atoms with van der Waals surface area (Å²) in [6.07, 6.45) is 2.92. The minimum absolute atomic E-state index is 0.00109. The Labute approximate surface area is 194 Å². The molecule has 0 aliphatic carbocycles. The van der Waals surface area contributed by atoms with Crippen molar-refractivity contribution in [1.82, 2.24) is 4.57 Å². The molecule has 0 spiro atoms. The van der Waals surface area contributed by atoms with E-state index in [0.29, 0.717) is 19.1 Å². The molecular formula is C28H31NO4. The molecule has 5 nitrogen and oxygen atoms in total. The second-order valence-corrected chi connectivity index (χ2v) is 9.66. The van der Waals surface area contributed by atoms with Crippen molar-refractivity contribution in [3.63, 3.8) is 0 Å². The second kappa shape index (κ2) is 8.71. The van der Waals surface area contributed by atoms with Crippen LogP contribution < -0.4 is 14.9 Å². The third kappa shape index (κ3) is 4.55. The van der Waals surface area contributed by atoms with E-state index in [1.807, 2.05) is 31.2 Å². The molecule has 172 valence electrons. The average Bonchev–Trinajstić information content (AvgIpc) is 3.17. The number of aromatic nitrogens is 1. The first-order chi connectivity index (χ1) is 15.9. The van der Waals surface area contributed by atoms with E-state index in [0.717, 1.165) is 53.9 Å². The number of hydrogen-bond acceptors (Lipinski definition) is 4. The lowest BCUT2D eigenvalue weighted by Gasteiger charge is -2.27. The summed E-state index contributed by atoms with van der Waals surface area (Å²) in [6.45, 7) is 7.88. The molecule has 3 heterocycles. The van der Waals surface area contributed by atoms with Gasteiger partial charge in [-0.25, -0.2) is 0 Å². The molecule has 5 heteroatoms. The molecule has 5 rings (SSSR count). The molecule has 1 unspecified atom stereocenters. The van der Waals surface area contributed by atoms with E-state index >= 15 is 0 Å². The van der Waals surface area contributed by atoms with Crippen LogP contribution in [0.2, 0.25) is 0 Å². The van der Waals surface area contributed by atoms with Gasteiger partial charge in [0, 0.05) is 23.7 Å². The van der Waals surface area contributed by atoms with Crippen molar-refractivity contribution >= 4 is 0 Å². The molecule has 33 heavy (non-hydrogen) atoms. The van der Waals surface area contributed by atoms with Crippen molar-refractivity contribution < 1.29 is 14.2 Å². The van der Waals surface area contributed by atoms with E-state index in [1.165, 1.54) is 5.56 Å². The Kier molecular flexibility index (Phi) is 5.75. The van der Waals surface area contributed by atoms with Gasteiger partial charge in [0.05, 0.1) is 17.4 Å². The van der Waals surface area contributed by atoms with Crippen LogP contribution in [0.5, 0.6) is 11.6 Å². The van der Waals surface area contributed by atoms with Gasteiger partial charge in [-0.3, -0.25) is 4.79 Å². The maximum atomic E-state index is 12.8. The number of ether oxygens (including phenoxy) is 3. The third-order valence-electron chi connectivity index (χ3n) is 6.67. The first kappa shape index (κ1) is 21.8. The monoisotopic (exact) mass is 445 g/mol. The van der Waals surface area contributed by atoms with Crippen molar-refractivity contribution in [3.05, 3.63) is 81.5 Å². The van der Waals surface area contributed by atoms with Crippen molar-refractivity contribution in [1.29, 1.82) is 0 Å². The summed E-state index contributed by atoms with van der Waals surface area (Å²) in [5.41, 5.74) is 5.00. The first-order valence-electron chi connectivity index (χ1n) is 11.7. The maximum absolute atomic E-state index is 12.8. The molecular weight excluding hydrogens is 414 g/mol. The van der Waals surface area contributed by atoms with Crippen LogP contribution in [0, 0.1) is 6.92 Å². The number of fused-ring (bicyclic) bond motifs is 3. The van der Waals surface area contributed by atoms with E-state index in [-0.39, 0.29) is 17.1 Å². The summed E-state index contributed by atoms with van der Waals surface area (Å²) in [5.74, 6) is 1.48. The molecule has 1 aromatic heterocycles. The normalized spacial score (nSPS) is 18.5. The zero-order chi connectivity index (χ0) is 23.0. The fourth-order valence-corrected chi connectivity index (χ4v) is 4.86. The quantitative estimate of drug-likeness (QED) is 0.517. The summed E-state index contributed by atoms with van der Waals surface area (Å²) in [7, 11) is 0. The Morgan fingerprint density at radius 2 is 1.91 bits per heavy atom. The Bertz CT molecular complexity index is 1210. The molecule has 2 aliphatic heterocycles. The summed E-state index contributed by atoms with van der Waals surface area (Å²) in [5, 5.41) is 0. The first-order valence-corrected chi connectivity index (χ1v) is 11.7. The minimum Gasteiger partial charge on any atom is -0.489 e. The van der Waals surface area contributed by atoms with Crippen molar-refractivity contribution in [3.8, 4) is 22.9 Å². The van der Waals surface area contributed by atoms with Gasteiger partial charge in [0.1, 0.15) is 19.0 Å². The van der Waals surface area contributed by atoms with Gasteiger partial charge in [-0.15, -0.1) is 0 Å². The highest BCUT2D eigenvalue weighted by Crippen LogP contribution is 2.36. The van der Waals surface area contributed by atoms with E-state index in [4.69, 9.17) is 14.2 Å². The van der Waals surface area contributed by atoms with Crippen molar-refractivity contribution in [2.45, 2.75) is 64.9 Å². The van der Waals surface area contributed by atoms with Gasteiger partial charge >= 0.3 is 0 Å². The highest BCUT2D eigenvalue weighted by atomic mass is 16.6. The molecule has 0 N–H and O–H groups in total. The van der Waals surface area contributed by atoms with Crippen molar-refractivity contribution in [2.75, 3.05) is 6.61 Å². The molecule has 0 radical (unpaired) electrons. The lowest BCUT2D eigenvalue weighted by atomic mass is 9.94. The lowest BCUT2D eigenvalue weighted by Crippen LogP contribution is -2.26. The summed E-state index contributed by atoms with van der Waals surface area (Å²) in [4.78, 5) is 12.8. The molecule has 0 amide bonds. The highest BCUT2D eigenvalue weighted by Gasteiger charge is 2.32. The van der Waals surface area contributed by atoms with Gasteiger partial charge in [-0.05, 0) is 69.4 Å². The van der Waals surface area contributed by atoms with Crippen LogP contribution in [-0.2, 0) is 24.3 Å². The predicted octanol–water partition coefficient (Wildman–Crippen LogP) is 5.30. The SMILES string of the molecule is Cc1c2n(c(OCC3CCC(C)(C)O3)cc1=O)CCc1cc(OCc3ccccc3)ccc1-2. The number of nitrogens with zero attached hydrogens (tertiary/aromatic N) is 1. The van der Waals surface area contributed by atoms with Gasteiger partial charge in [0.25, 0.3) is 0 Å². The van der Waals surface area contributed by atoms with Crippen LogP contribution in [0.1, 0.15) is 43.4 Å². The van der Waals surface area contributed by atoms with Crippen molar-refractivity contribution in [2.24, 2.45) is 0 Å². The molecule has 2 aliphatic rings. The third-order valence-corrected chi connectivity index (χ3v) is 6.67. The van der Waals surface area contributed by atoms with Gasteiger partial charge < -0.3 is 18.8 Å². The molecule has 1 fully saturated rings. The van der Waals surface area contributed by atoms with Crippen LogP contribution in [-0.4, -0.2) is 22.9 Å². The maximum Gasteiger partial charge on any atom is 0.197 e. The standard InChI is InChI=1S/C28H31NO4/c1-19-25(30)16-26(32-18-23-11-13-28(2,3)33-23)29-14-12-21-15-22(9-10-24(21)27(19)29)31-17-20-7-5-4-6-8-20/h4-10,15-16,23H,11-14,17-18H2,1-3H3. The highest BCUT2D eigenvalue weighted by molar-refractivity contribution is 5.70. The minimum atomic E-state index is -0.100. The molecule has 2 aromatic carbocycles. The molecule has 1 atom stereocenters. The Morgan fingerprint density at radius 3 is 2.67 bits per heavy atom. The van der Waals surface area contributed by atoms with Crippen LogP contribution in [0.15, 0.2) is 59.4 Å². The van der Waals surface area contributed by atoms with Gasteiger partial charge in [-0.2, -0.15) is 0 Å². The zero-order valence-corrected chi connectivity index (χ0v) is 19.6. The smallest absolute Gasteiger partial charge is 0.197 e. The fraction of sp³-hybridized carbons (Fsp3) is 0.393. The van der Waals surface area contributed by atoms with Gasteiger partial charge in [-0.1, -0.05) is 30.3 Å². The van der Waals surface area contributed by atoms with Crippen LogP contribution in [0.3, 0.4) is 0 Å². The number of pyridine rings is 1. The Balaban J connectivity index is 1.39. The summed E-state index contributed by atoms with van der Waals surface area (Å²) < 4.78 is 20.4.